The summed E-state index contributed by atoms with van der Waals surface area (Å²) in [6, 6.07) is 4.76. The molecule has 24 heavy (non-hydrogen) atoms. The molecule has 0 bridgehead atoms. The van der Waals surface area contributed by atoms with Crippen LogP contribution in [0.3, 0.4) is 0 Å². The lowest BCUT2D eigenvalue weighted by atomic mass is 9.98. The number of piperidine rings is 1. The minimum absolute atomic E-state index is 0.124. The molecule has 1 saturated heterocycles. The molecule has 1 atom stereocenters. The van der Waals surface area contributed by atoms with Crippen LogP contribution in [0.1, 0.15) is 49.1 Å². The van der Waals surface area contributed by atoms with Crippen LogP contribution in [0.15, 0.2) is 18.3 Å². The van der Waals surface area contributed by atoms with Crippen molar-refractivity contribution in [2.24, 2.45) is 0 Å². The van der Waals surface area contributed by atoms with Gasteiger partial charge in [-0.05, 0) is 64.4 Å². The zero-order chi connectivity index (χ0) is 17.1. The third-order valence-electron chi connectivity index (χ3n) is 5.05. The number of aryl methyl sites for hydroxylation is 2. The topological polar surface area (TPSA) is 49.6 Å². The molecule has 3 rings (SSSR count). The van der Waals surface area contributed by atoms with Gasteiger partial charge in [-0.2, -0.15) is 0 Å². The van der Waals surface area contributed by atoms with E-state index in [2.05, 4.69) is 52.6 Å². The molecule has 1 fully saturated rings. The first-order chi connectivity index (χ1) is 11.5. The molecule has 1 N–H and O–H groups in total. The van der Waals surface area contributed by atoms with E-state index in [9.17, 15) is 4.79 Å². The highest BCUT2D eigenvalue weighted by molar-refractivity contribution is 5.75. The van der Waals surface area contributed by atoms with E-state index >= 15 is 0 Å². The lowest BCUT2D eigenvalue weighted by Crippen LogP contribution is -2.37. The highest BCUT2D eigenvalue weighted by Crippen LogP contribution is 2.19. The Labute approximate surface area is 144 Å². The summed E-state index contributed by atoms with van der Waals surface area (Å²) in [6.07, 6.45) is 7.35. The smallest absolute Gasteiger partial charge is 0.220 e. The van der Waals surface area contributed by atoms with Gasteiger partial charge in [-0.1, -0.05) is 6.42 Å². The van der Waals surface area contributed by atoms with E-state index in [-0.39, 0.29) is 5.91 Å². The Morgan fingerprint density at radius 1 is 1.33 bits per heavy atom. The third-order valence-corrected chi connectivity index (χ3v) is 5.05. The summed E-state index contributed by atoms with van der Waals surface area (Å²) in [5.74, 6) is 0.124. The number of rotatable bonds is 5. The number of imidazole rings is 1. The highest BCUT2D eigenvalue weighted by Gasteiger charge is 2.19. The minimum Gasteiger partial charge on any atom is -0.350 e. The maximum absolute atomic E-state index is 12.1. The molecule has 1 unspecified atom stereocenters. The molecule has 1 amide bonds. The molecule has 5 nitrogen and oxygen atoms in total. The molecular formula is C19H28N4O. The van der Waals surface area contributed by atoms with Crippen molar-refractivity contribution in [1.29, 1.82) is 0 Å². The lowest BCUT2D eigenvalue weighted by molar-refractivity contribution is -0.121. The Morgan fingerprint density at radius 2 is 2.17 bits per heavy atom. The molecule has 1 aliphatic rings. The van der Waals surface area contributed by atoms with E-state index in [0.717, 1.165) is 30.0 Å². The van der Waals surface area contributed by atoms with E-state index < -0.39 is 0 Å². The van der Waals surface area contributed by atoms with Gasteiger partial charge in [-0.25, -0.2) is 4.98 Å². The number of fused-ring (bicyclic) bond motifs is 1. The molecule has 3 heterocycles. The summed E-state index contributed by atoms with van der Waals surface area (Å²) < 4.78 is 2.07. The normalized spacial score (nSPS) is 18.9. The number of pyridine rings is 1. The van der Waals surface area contributed by atoms with Crippen LogP contribution in [0.4, 0.5) is 0 Å². The van der Waals surface area contributed by atoms with E-state index in [0.29, 0.717) is 19.0 Å². The predicted octanol–water partition coefficient (Wildman–Crippen LogP) is 2.83. The monoisotopic (exact) mass is 328 g/mol. The van der Waals surface area contributed by atoms with Gasteiger partial charge in [0.2, 0.25) is 5.91 Å². The average Bonchev–Trinajstić information content (AvgIpc) is 2.95. The van der Waals surface area contributed by atoms with Gasteiger partial charge in [0.05, 0.1) is 12.2 Å². The fourth-order valence-electron chi connectivity index (χ4n) is 3.64. The van der Waals surface area contributed by atoms with Gasteiger partial charge in [0.15, 0.2) is 0 Å². The SMILES string of the molecule is Cc1cc(C)n2cc(CNC(=O)CCC3CCCCN3C)nc2c1. The molecule has 2 aromatic rings. The highest BCUT2D eigenvalue weighted by atomic mass is 16.1. The molecule has 0 radical (unpaired) electrons. The molecule has 0 spiro atoms. The fraction of sp³-hybridized carbons (Fsp3) is 0.579. The van der Waals surface area contributed by atoms with Gasteiger partial charge >= 0.3 is 0 Å². The number of amides is 1. The Morgan fingerprint density at radius 3 is 2.96 bits per heavy atom. The Bertz CT molecular complexity index is 721. The second-order valence-corrected chi connectivity index (χ2v) is 7.08. The number of carbonyl (C=O) groups excluding carboxylic acids is 1. The largest absolute Gasteiger partial charge is 0.350 e. The first kappa shape index (κ1) is 17.0. The van der Waals surface area contributed by atoms with Crippen LogP contribution in [0.25, 0.3) is 5.65 Å². The molecule has 5 heteroatoms. The fourth-order valence-corrected chi connectivity index (χ4v) is 3.64. The van der Waals surface area contributed by atoms with Crippen molar-refractivity contribution < 1.29 is 4.79 Å². The number of hydrogen-bond acceptors (Lipinski definition) is 3. The first-order valence-electron chi connectivity index (χ1n) is 8.95. The summed E-state index contributed by atoms with van der Waals surface area (Å²) >= 11 is 0. The molecule has 0 saturated carbocycles. The summed E-state index contributed by atoms with van der Waals surface area (Å²) in [5.41, 5.74) is 4.22. The van der Waals surface area contributed by atoms with E-state index in [1.807, 2.05) is 6.20 Å². The van der Waals surface area contributed by atoms with Crippen LogP contribution in [-0.2, 0) is 11.3 Å². The average molecular weight is 328 g/mol. The van der Waals surface area contributed by atoms with Crippen LogP contribution < -0.4 is 5.32 Å². The number of likely N-dealkylation sites (tertiary alicyclic amines) is 1. The second-order valence-electron chi connectivity index (χ2n) is 7.08. The number of aromatic nitrogens is 2. The molecule has 0 aliphatic carbocycles. The zero-order valence-corrected chi connectivity index (χ0v) is 15.0. The van der Waals surface area contributed by atoms with Crippen LogP contribution in [-0.4, -0.2) is 39.8 Å². The number of nitrogens with zero attached hydrogens (tertiary/aromatic N) is 3. The second kappa shape index (κ2) is 7.34. The summed E-state index contributed by atoms with van der Waals surface area (Å²) in [4.78, 5) is 19.1. The van der Waals surface area contributed by atoms with Crippen molar-refractivity contribution in [3.63, 3.8) is 0 Å². The van der Waals surface area contributed by atoms with Crippen molar-refractivity contribution in [2.45, 2.75) is 58.5 Å². The van der Waals surface area contributed by atoms with Crippen LogP contribution in [0.5, 0.6) is 0 Å². The lowest BCUT2D eigenvalue weighted by Gasteiger charge is -2.32. The van der Waals surface area contributed by atoms with Crippen molar-refractivity contribution in [3.05, 3.63) is 35.3 Å². The van der Waals surface area contributed by atoms with Crippen LogP contribution in [0.2, 0.25) is 0 Å². The van der Waals surface area contributed by atoms with E-state index in [1.165, 1.54) is 24.8 Å². The Balaban J connectivity index is 1.52. The first-order valence-corrected chi connectivity index (χ1v) is 8.95. The third kappa shape index (κ3) is 3.96. The van der Waals surface area contributed by atoms with Crippen LogP contribution in [0, 0.1) is 13.8 Å². The quantitative estimate of drug-likeness (QED) is 0.918. The predicted molar refractivity (Wildman–Crippen MR) is 96.0 cm³/mol. The van der Waals surface area contributed by atoms with E-state index in [1.54, 1.807) is 0 Å². The van der Waals surface area contributed by atoms with Crippen LogP contribution >= 0.6 is 0 Å². The number of hydrogen-bond donors (Lipinski definition) is 1. The molecule has 130 valence electrons. The zero-order valence-electron chi connectivity index (χ0n) is 15.0. The van der Waals surface area contributed by atoms with Crippen molar-refractivity contribution >= 4 is 11.6 Å². The molecule has 0 aromatic carbocycles. The van der Waals surface area contributed by atoms with Gasteiger partial charge in [0.1, 0.15) is 5.65 Å². The number of carbonyl (C=O) groups is 1. The van der Waals surface area contributed by atoms with Gasteiger partial charge in [0, 0.05) is 24.4 Å². The molecule has 1 aliphatic heterocycles. The minimum atomic E-state index is 0.124. The standard InChI is InChI=1S/C19H28N4O/c1-14-10-15(2)23-13-16(21-18(23)11-14)12-20-19(24)8-7-17-6-4-5-9-22(17)3/h10-11,13,17H,4-9,12H2,1-3H3,(H,20,24). The van der Waals surface area contributed by atoms with Gasteiger partial charge < -0.3 is 14.6 Å². The molecular weight excluding hydrogens is 300 g/mol. The Kier molecular flexibility index (Phi) is 5.19. The summed E-state index contributed by atoms with van der Waals surface area (Å²) in [7, 11) is 2.17. The van der Waals surface area contributed by atoms with E-state index in [4.69, 9.17) is 0 Å². The summed E-state index contributed by atoms with van der Waals surface area (Å²) in [6.45, 7) is 5.81. The van der Waals surface area contributed by atoms with Gasteiger partial charge in [-0.3, -0.25) is 4.79 Å². The van der Waals surface area contributed by atoms with Gasteiger partial charge in [0.25, 0.3) is 0 Å². The van der Waals surface area contributed by atoms with Crippen molar-refractivity contribution in [2.75, 3.05) is 13.6 Å². The maximum Gasteiger partial charge on any atom is 0.220 e. The Hall–Kier alpha value is -1.88. The van der Waals surface area contributed by atoms with Gasteiger partial charge in [-0.15, -0.1) is 0 Å². The van der Waals surface area contributed by atoms with Crippen molar-refractivity contribution in [1.82, 2.24) is 19.6 Å². The molecule has 2 aromatic heterocycles. The van der Waals surface area contributed by atoms with Crippen molar-refractivity contribution in [3.8, 4) is 0 Å². The number of nitrogens with one attached hydrogen (secondary N) is 1. The summed E-state index contributed by atoms with van der Waals surface area (Å²) in [5, 5.41) is 3.02. The maximum atomic E-state index is 12.1.